The van der Waals surface area contributed by atoms with Gasteiger partial charge in [0.15, 0.2) is 5.78 Å². The van der Waals surface area contributed by atoms with E-state index in [4.69, 9.17) is 4.74 Å². The van der Waals surface area contributed by atoms with Crippen LogP contribution in [-0.2, 0) is 6.42 Å². The van der Waals surface area contributed by atoms with Gasteiger partial charge in [-0.3, -0.25) is 4.79 Å². The lowest BCUT2D eigenvalue weighted by atomic mass is 9.90. The van der Waals surface area contributed by atoms with E-state index in [9.17, 15) is 4.79 Å². The van der Waals surface area contributed by atoms with Gasteiger partial charge in [0.2, 0.25) is 0 Å². The largest absolute Gasteiger partial charge is 0.493 e. The molecule has 0 N–H and O–H groups in total. The van der Waals surface area contributed by atoms with Crippen molar-refractivity contribution in [2.45, 2.75) is 44.9 Å². The van der Waals surface area contributed by atoms with Crippen molar-refractivity contribution in [2.75, 3.05) is 6.61 Å². The number of pyridine rings is 1. The Bertz CT molecular complexity index is 892. The molecule has 0 spiro atoms. The lowest BCUT2D eigenvalue weighted by Crippen LogP contribution is -2.15. The summed E-state index contributed by atoms with van der Waals surface area (Å²) < 4.78 is 7.86. The predicted molar refractivity (Wildman–Crippen MR) is 106 cm³/mol. The molecule has 1 aliphatic rings. The number of rotatable bonds is 7. The summed E-state index contributed by atoms with van der Waals surface area (Å²) in [7, 11) is 0. The molecule has 2 heterocycles. The number of imidazole rings is 1. The van der Waals surface area contributed by atoms with E-state index in [0.29, 0.717) is 12.3 Å². The number of carbonyl (C=O) groups is 1. The SMILES string of the molecule is O=C(CCc1ccc(OCC2CCCCC2)cc1)c1ccn2ccnc2c1. The van der Waals surface area contributed by atoms with Crippen LogP contribution < -0.4 is 4.74 Å². The Balaban J connectivity index is 1.28. The van der Waals surface area contributed by atoms with Crippen LogP contribution >= 0.6 is 0 Å². The van der Waals surface area contributed by atoms with Crippen LogP contribution in [-0.4, -0.2) is 21.8 Å². The Morgan fingerprint density at radius 3 is 2.70 bits per heavy atom. The monoisotopic (exact) mass is 362 g/mol. The summed E-state index contributed by atoms with van der Waals surface area (Å²) in [5.41, 5.74) is 2.69. The van der Waals surface area contributed by atoms with Crippen LogP contribution in [0.4, 0.5) is 0 Å². The Hall–Kier alpha value is -2.62. The number of aromatic nitrogens is 2. The highest BCUT2D eigenvalue weighted by Gasteiger charge is 2.14. The van der Waals surface area contributed by atoms with Gasteiger partial charge in [-0.15, -0.1) is 0 Å². The van der Waals surface area contributed by atoms with Gasteiger partial charge in [0, 0.05) is 30.6 Å². The van der Waals surface area contributed by atoms with Crippen molar-refractivity contribution in [3.63, 3.8) is 0 Å². The molecule has 2 aromatic heterocycles. The minimum absolute atomic E-state index is 0.151. The fourth-order valence-corrected chi connectivity index (χ4v) is 3.81. The van der Waals surface area contributed by atoms with Crippen molar-refractivity contribution >= 4 is 11.4 Å². The highest BCUT2D eigenvalue weighted by molar-refractivity contribution is 5.96. The van der Waals surface area contributed by atoms with Crippen molar-refractivity contribution in [3.8, 4) is 5.75 Å². The molecule has 1 aliphatic carbocycles. The second-order valence-electron chi connectivity index (χ2n) is 7.49. The molecule has 0 unspecified atom stereocenters. The summed E-state index contributed by atoms with van der Waals surface area (Å²) in [6.45, 7) is 0.827. The summed E-state index contributed by atoms with van der Waals surface area (Å²) in [5, 5.41) is 0. The number of ketones is 1. The van der Waals surface area contributed by atoms with E-state index in [0.717, 1.165) is 35.6 Å². The molecule has 1 fully saturated rings. The fraction of sp³-hybridized carbons (Fsp3) is 0.391. The number of Topliss-reactive ketones (excluding diaryl/α,β-unsaturated/α-hetero) is 1. The first-order valence-corrected chi connectivity index (χ1v) is 9.95. The zero-order valence-corrected chi connectivity index (χ0v) is 15.6. The molecule has 140 valence electrons. The van der Waals surface area contributed by atoms with Crippen molar-refractivity contribution < 1.29 is 9.53 Å². The lowest BCUT2D eigenvalue weighted by Gasteiger charge is -2.21. The highest BCUT2D eigenvalue weighted by Crippen LogP contribution is 2.25. The van der Waals surface area contributed by atoms with E-state index in [1.54, 1.807) is 6.20 Å². The number of benzene rings is 1. The minimum Gasteiger partial charge on any atom is -0.493 e. The molecule has 27 heavy (non-hydrogen) atoms. The van der Waals surface area contributed by atoms with E-state index in [2.05, 4.69) is 17.1 Å². The quantitative estimate of drug-likeness (QED) is 0.549. The molecule has 0 atom stereocenters. The zero-order chi connectivity index (χ0) is 18.5. The molecule has 4 heteroatoms. The summed E-state index contributed by atoms with van der Waals surface area (Å²) in [6.07, 6.45) is 13.4. The predicted octanol–water partition coefficient (Wildman–Crippen LogP) is 5.11. The van der Waals surface area contributed by atoms with Gasteiger partial charge >= 0.3 is 0 Å². The Labute approximate surface area is 160 Å². The fourth-order valence-electron chi connectivity index (χ4n) is 3.81. The number of fused-ring (bicyclic) bond motifs is 1. The van der Waals surface area contributed by atoms with Crippen molar-refractivity contribution in [2.24, 2.45) is 5.92 Å². The highest BCUT2D eigenvalue weighted by atomic mass is 16.5. The summed E-state index contributed by atoms with van der Waals surface area (Å²) >= 11 is 0. The summed E-state index contributed by atoms with van der Waals surface area (Å²) in [6, 6.07) is 11.9. The van der Waals surface area contributed by atoms with Crippen LogP contribution in [0.25, 0.3) is 5.65 Å². The third kappa shape index (κ3) is 4.57. The second kappa shape index (κ2) is 8.38. The van der Waals surface area contributed by atoms with Gasteiger partial charge in [-0.1, -0.05) is 31.4 Å². The lowest BCUT2D eigenvalue weighted by molar-refractivity contribution is 0.0983. The number of aryl methyl sites for hydroxylation is 1. The van der Waals surface area contributed by atoms with Gasteiger partial charge in [0.25, 0.3) is 0 Å². The first kappa shape index (κ1) is 17.8. The van der Waals surface area contributed by atoms with E-state index >= 15 is 0 Å². The molecule has 3 aromatic rings. The van der Waals surface area contributed by atoms with Gasteiger partial charge < -0.3 is 9.14 Å². The smallest absolute Gasteiger partial charge is 0.163 e. The topological polar surface area (TPSA) is 43.6 Å². The number of nitrogens with zero attached hydrogens (tertiary/aromatic N) is 2. The molecule has 4 nitrogen and oxygen atoms in total. The molecule has 0 aliphatic heterocycles. The van der Waals surface area contributed by atoms with Crippen molar-refractivity contribution in [1.29, 1.82) is 0 Å². The van der Waals surface area contributed by atoms with Crippen molar-refractivity contribution in [3.05, 3.63) is 66.1 Å². The summed E-state index contributed by atoms with van der Waals surface area (Å²) in [5.74, 6) is 1.79. The Morgan fingerprint density at radius 2 is 1.89 bits per heavy atom. The molecule has 4 rings (SSSR count). The van der Waals surface area contributed by atoms with Crippen LogP contribution in [0.1, 0.15) is 54.4 Å². The standard InChI is InChI=1S/C23H26N2O2/c26-22(20-12-14-25-15-13-24-23(25)16-20)11-8-18-6-9-21(10-7-18)27-17-19-4-2-1-3-5-19/h6-7,9-10,12-16,19H,1-5,8,11,17H2. The van der Waals surface area contributed by atoms with Crippen LogP contribution in [0.15, 0.2) is 55.0 Å². The molecule has 1 aromatic carbocycles. The maximum absolute atomic E-state index is 12.5. The molecular weight excluding hydrogens is 336 g/mol. The van der Waals surface area contributed by atoms with E-state index < -0.39 is 0 Å². The Kier molecular flexibility index (Phi) is 5.52. The van der Waals surface area contributed by atoms with Gasteiger partial charge in [0.1, 0.15) is 11.4 Å². The third-order valence-electron chi connectivity index (χ3n) is 5.49. The van der Waals surface area contributed by atoms with Crippen LogP contribution in [0.2, 0.25) is 0 Å². The van der Waals surface area contributed by atoms with E-state index in [1.165, 1.54) is 32.1 Å². The van der Waals surface area contributed by atoms with Crippen LogP contribution in [0.3, 0.4) is 0 Å². The normalized spacial score (nSPS) is 15.1. The number of hydrogen-bond acceptors (Lipinski definition) is 3. The number of ether oxygens (including phenoxy) is 1. The van der Waals surface area contributed by atoms with E-state index in [-0.39, 0.29) is 5.78 Å². The maximum atomic E-state index is 12.5. The molecule has 0 saturated heterocycles. The third-order valence-corrected chi connectivity index (χ3v) is 5.49. The maximum Gasteiger partial charge on any atom is 0.163 e. The minimum atomic E-state index is 0.151. The molecule has 0 radical (unpaired) electrons. The van der Waals surface area contributed by atoms with E-state index in [1.807, 2.05) is 41.1 Å². The molecule has 1 saturated carbocycles. The van der Waals surface area contributed by atoms with Gasteiger partial charge in [-0.05, 0) is 55.0 Å². The molecule has 0 amide bonds. The first-order valence-electron chi connectivity index (χ1n) is 9.95. The molecular formula is C23H26N2O2. The van der Waals surface area contributed by atoms with Gasteiger partial charge in [-0.25, -0.2) is 4.98 Å². The first-order chi connectivity index (χ1) is 13.3. The summed E-state index contributed by atoms with van der Waals surface area (Å²) in [4.78, 5) is 16.7. The van der Waals surface area contributed by atoms with Crippen molar-refractivity contribution in [1.82, 2.24) is 9.38 Å². The zero-order valence-electron chi connectivity index (χ0n) is 15.6. The Morgan fingerprint density at radius 1 is 1.07 bits per heavy atom. The second-order valence-corrected chi connectivity index (χ2v) is 7.49. The van der Waals surface area contributed by atoms with Crippen LogP contribution in [0, 0.1) is 5.92 Å². The molecule has 0 bridgehead atoms. The van der Waals surface area contributed by atoms with Gasteiger partial charge in [0.05, 0.1) is 6.61 Å². The average Bonchev–Trinajstić information content (AvgIpc) is 3.20. The average molecular weight is 362 g/mol. The number of hydrogen-bond donors (Lipinski definition) is 0. The van der Waals surface area contributed by atoms with Crippen LogP contribution in [0.5, 0.6) is 5.75 Å². The van der Waals surface area contributed by atoms with Gasteiger partial charge in [-0.2, -0.15) is 0 Å². The number of carbonyl (C=O) groups excluding carboxylic acids is 1.